The van der Waals surface area contributed by atoms with Crippen LogP contribution in [0.25, 0.3) is 0 Å². The zero-order valence-corrected chi connectivity index (χ0v) is 12.8. The molecule has 21 heavy (non-hydrogen) atoms. The maximum Gasteiger partial charge on any atom is 0.244 e. The van der Waals surface area contributed by atoms with Gasteiger partial charge in [-0.3, -0.25) is 9.59 Å². The molecule has 0 saturated heterocycles. The van der Waals surface area contributed by atoms with E-state index in [2.05, 4.69) is 10.6 Å². The van der Waals surface area contributed by atoms with Crippen LogP contribution in [0.4, 0.5) is 11.4 Å². The van der Waals surface area contributed by atoms with Gasteiger partial charge in [0.25, 0.3) is 0 Å². The molecule has 1 aromatic rings. The number of benzene rings is 1. The maximum atomic E-state index is 12.1. The van der Waals surface area contributed by atoms with E-state index in [4.69, 9.17) is 5.73 Å². The quantitative estimate of drug-likeness (QED) is 0.799. The fourth-order valence-corrected chi connectivity index (χ4v) is 2.03. The van der Waals surface area contributed by atoms with Crippen molar-refractivity contribution in [2.75, 3.05) is 10.6 Å². The summed E-state index contributed by atoms with van der Waals surface area (Å²) in [6.45, 7) is 5.55. The van der Waals surface area contributed by atoms with Crippen LogP contribution in [-0.4, -0.2) is 17.4 Å². The first-order chi connectivity index (χ1) is 9.71. The average molecular weight is 289 g/mol. The van der Waals surface area contributed by atoms with Crippen molar-refractivity contribution in [2.45, 2.75) is 45.6 Å². The second-order valence-corrected chi connectivity index (χ2v) is 6.75. The summed E-state index contributed by atoms with van der Waals surface area (Å²) in [6.07, 6.45) is 2.43. The average Bonchev–Trinajstić information content (AvgIpc) is 2.35. The molecule has 114 valence electrons. The molecule has 0 unspecified atom stereocenters. The summed E-state index contributed by atoms with van der Waals surface area (Å²) in [5.41, 5.74) is 6.09. The molecular formula is C16H23N3O2. The smallest absolute Gasteiger partial charge is 0.244 e. The van der Waals surface area contributed by atoms with E-state index < -0.39 is 11.0 Å². The van der Waals surface area contributed by atoms with Crippen molar-refractivity contribution in [1.29, 1.82) is 0 Å². The Hall–Kier alpha value is -1.88. The Labute approximate surface area is 125 Å². The normalized spacial score (nSPS) is 16.8. The first-order valence-electron chi connectivity index (χ1n) is 7.23. The van der Waals surface area contributed by atoms with E-state index in [1.807, 2.05) is 20.8 Å². The van der Waals surface area contributed by atoms with Gasteiger partial charge in [-0.15, -0.1) is 0 Å². The molecule has 1 aliphatic rings. The SMILES string of the molecule is CC(C)(C)C(=O)Nc1cccc(NC(=O)C2(N)CCC2)c1. The van der Waals surface area contributed by atoms with Crippen molar-refractivity contribution < 1.29 is 9.59 Å². The molecule has 1 aliphatic carbocycles. The van der Waals surface area contributed by atoms with Gasteiger partial charge in [-0.1, -0.05) is 26.8 Å². The monoisotopic (exact) mass is 289 g/mol. The molecule has 5 nitrogen and oxygen atoms in total. The van der Waals surface area contributed by atoms with Crippen LogP contribution in [0.3, 0.4) is 0 Å². The maximum absolute atomic E-state index is 12.1. The van der Waals surface area contributed by atoms with E-state index >= 15 is 0 Å². The lowest BCUT2D eigenvalue weighted by molar-refractivity contribution is -0.124. The minimum Gasteiger partial charge on any atom is -0.326 e. The van der Waals surface area contributed by atoms with Crippen molar-refractivity contribution in [1.82, 2.24) is 0 Å². The van der Waals surface area contributed by atoms with E-state index in [0.29, 0.717) is 11.4 Å². The van der Waals surface area contributed by atoms with Gasteiger partial charge in [0.2, 0.25) is 11.8 Å². The Bertz CT molecular complexity index is 557. The highest BCUT2D eigenvalue weighted by atomic mass is 16.2. The summed E-state index contributed by atoms with van der Waals surface area (Å²) in [4.78, 5) is 24.0. The Morgan fingerprint density at radius 2 is 1.71 bits per heavy atom. The van der Waals surface area contributed by atoms with Gasteiger partial charge in [-0.2, -0.15) is 0 Å². The molecule has 1 aromatic carbocycles. The van der Waals surface area contributed by atoms with Gasteiger partial charge in [0, 0.05) is 16.8 Å². The van der Waals surface area contributed by atoms with Crippen LogP contribution < -0.4 is 16.4 Å². The van der Waals surface area contributed by atoms with Gasteiger partial charge in [-0.05, 0) is 37.5 Å². The fraction of sp³-hybridized carbons (Fsp3) is 0.500. The Kier molecular flexibility index (Phi) is 4.05. The number of rotatable bonds is 3. The zero-order chi connectivity index (χ0) is 15.7. The van der Waals surface area contributed by atoms with Crippen LogP contribution in [0, 0.1) is 5.41 Å². The molecule has 2 amide bonds. The van der Waals surface area contributed by atoms with Gasteiger partial charge < -0.3 is 16.4 Å². The van der Waals surface area contributed by atoms with Crippen molar-refractivity contribution in [2.24, 2.45) is 11.1 Å². The Balaban J connectivity index is 2.04. The van der Waals surface area contributed by atoms with Gasteiger partial charge in [-0.25, -0.2) is 0 Å². The number of nitrogens with one attached hydrogen (secondary N) is 2. The molecule has 2 rings (SSSR count). The van der Waals surface area contributed by atoms with E-state index in [0.717, 1.165) is 19.3 Å². The summed E-state index contributed by atoms with van der Waals surface area (Å²) >= 11 is 0. The van der Waals surface area contributed by atoms with Gasteiger partial charge in [0.05, 0.1) is 5.54 Å². The lowest BCUT2D eigenvalue weighted by Gasteiger charge is -2.36. The number of nitrogens with two attached hydrogens (primary N) is 1. The second-order valence-electron chi connectivity index (χ2n) is 6.75. The van der Waals surface area contributed by atoms with E-state index in [1.165, 1.54) is 0 Å². The molecule has 4 N–H and O–H groups in total. The lowest BCUT2D eigenvalue weighted by atomic mass is 9.77. The van der Waals surface area contributed by atoms with Gasteiger partial charge >= 0.3 is 0 Å². The predicted octanol–water partition coefficient (Wildman–Crippen LogP) is 2.49. The van der Waals surface area contributed by atoms with E-state index in [1.54, 1.807) is 24.3 Å². The number of hydrogen-bond acceptors (Lipinski definition) is 3. The van der Waals surface area contributed by atoms with Crippen LogP contribution in [0.2, 0.25) is 0 Å². The Morgan fingerprint density at radius 1 is 1.14 bits per heavy atom. The molecule has 1 fully saturated rings. The number of carbonyl (C=O) groups is 2. The summed E-state index contributed by atoms with van der Waals surface area (Å²) in [7, 11) is 0. The van der Waals surface area contributed by atoms with Crippen LogP contribution in [0.15, 0.2) is 24.3 Å². The third kappa shape index (κ3) is 3.61. The van der Waals surface area contributed by atoms with Crippen molar-refractivity contribution >= 4 is 23.2 Å². The molecule has 0 radical (unpaired) electrons. The zero-order valence-electron chi connectivity index (χ0n) is 12.8. The molecule has 0 aliphatic heterocycles. The lowest BCUT2D eigenvalue weighted by Crippen LogP contribution is -2.56. The van der Waals surface area contributed by atoms with E-state index in [-0.39, 0.29) is 11.8 Å². The number of anilines is 2. The van der Waals surface area contributed by atoms with Crippen molar-refractivity contribution in [3.8, 4) is 0 Å². The highest BCUT2D eigenvalue weighted by Crippen LogP contribution is 2.30. The second kappa shape index (κ2) is 5.48. The van der Waals surface area contributed by atoms with Crippen molar-refractivity contribution in [3.05, 3.63) is 24.3 Å². The third-order valence-corrected chi connectivity index (χ3v) is 3.76. The largest absolute Gasteiger partial charge is 0.326 e. The van der Waals surface area contributed by atoms with Crippen LogP contribution in [-0.2, 0) is 9.59 Å². The van der Waals surface area contributed by atoms with Crippen LogP contribution >= 0.6 is 0 Å². The fourth-order valence-electron chi connectivity index (χ4n) is 2.03. The summed E-state index contributed by atoms with van der Waals surface area (Å²) in [5.74, 6) is -0.228. The standard InChI is InChI=1S/C16H23N3O2/c1-15(2,3)13(20)18-11-6-4-7-12(10-11)19-14(21)16(17)8-5-9-16/h4,6-7,10H,5,8-9,17H2,1-3H3,(H,18,20)(H,19,21). The molecule has 0 atom stereocenters. The third-order valence-electron chi connectivity index (χ3n) is 3.76. The van der Waals surface area contributed by atoms with Crippen molar-refractivity contribution in [3.63, 3.8) is 0 Å². The number of hydrogen-bond donors (Lipinski definition) is 3. The minimum atomic E-state index is -0.731. The highest BCUT2D eigenvalue weighted by Gasteiger charge is 2.40. The molecule has 0 bridgehead atoms. The molecule has 5 heteroatoms. The molecule has 0 aromatic heterocycles. The van der Waals surface area contributed by atoms with Gasteiger partial charge in [0.1, 0.15) is 0 Å². The predicted molar refractivity (Wildman–Crippen MR) is 83.9 cm³/mol. The number of carbonyl (C=O) groups excluding carboxylic acids is 2. The number of amides is 2. The summed E-state index contributed by atoms with van der Waals surface area (Å²) in [5, 5.41) is 5.66. The molecule has 0 heterocycles. The van der Waals surface area contributed by atoms with Gasteiger partial charge in [0.15, 0.2) is 0 Å². The topological polar surface area (TPSA) is 84.2 Å². The first-order valence-corrected chi connectivity index (χ1v) is 7.23. The highest BCUT2D eigenvalue weighted by molar-refractivity contribution is 6.00. The Morgan fingerprint density at radius 3 is 2.19 bits per heavy atom. The molecule has 0 spiro atoms. The van der Waals surface area contributed by atoms with E-state index in [9.17, 15) is 9.59 Å². The summed E-state index contributed by atoms with van der Waals surface area (Å²) < 4.78 is 0. The molecule has 1 saturated carbocycles. The first kappa shape index (κ1) is 15.5. The molecular weight excluding hydrogens is 266 g/mol. The van der Waals surface area contributed by atoms with Crippen LogP contribution in [0.1, 0.15) is 40.0 Å². The minimum absolute atomic E-state index is 0.0692. The summed E-state index contributed by atoms with van der Waals surface area (Å²) in [6, 6.07) is 7.11. The van der Waals surface area contributed by atoms with Crippen LogP contribution in [0.5, 0.6) is 0 Å².